The summed E-state index contributed by atoms with van der Waals surface area (Å²) < 4.78 is 45.6. The molecule has 2 aliphatic carbocycles. The number of hydrogen-bond acceptors (Lipinski definition) is 10. The van der Waals surface area contributed by atoms with Crippen molar-refractivity contribution >= 4 is 44.7 Å². The molecule has 1 unspecified atom stereocenters. The van der Waals surface area contributed by atoms with E-state index in [0.29, 0.717) is 66.6 Å². The largest absolute Gasteiger partial charge is 0.497 e. The van der Waals surface area contributed by atoms with Gasteiger partial charge in [0.2, 0.25) is 21.8 Å². The van der Waals surface area contributed by atoms with Crippen molar-refractivity contribution in [2.75, 3.05) is 13.7 Å². The number of carbonyl (C=O) groups excluding carboxylic acids is 4. The molecule has 0 bridgehead atoms. The number of pyridine rings is 1. The molecule has 1 aromatic heterocycles. The fourth-order valence-corrected chi connectivity index (χ4v) is 8.82. The predicted octanol–water partition coefficient (Wildman–Crippen LogP) is 4.77. The molecule has 2 aliphatic heterocycles. The van der Waals surface area contributed by atoms with Crippen LogP contribution in [0.3, 0.4) is 0 Å². The van der Waals surface area contributed by atoms with E-state index in [1.54, 1.807) is 33.9 Å². The summed E-state index contributed by atoms with van der Waals surface area (Å²) in [5.41, 5.74) is -0.193. The molecule has 2 saturated carbocycles. The highest BCUT2D eigenvalue weighted by Gasteiger charge is 2.62. The first-order valence-electron chi connectivity index (χ1n) is 19.2. The number of alkyl carbamates (subject to hydrolysis) is 1. The van der Waals surface area contributed by atoms with Crippen LogP contribution in [0.5, 0.6) is 11.5 Å². The summed E-state index contributed by atoms with van der Waals surface area (Å²) in [6.45, 7) is 5.17. The van der Waals surface area contributed by atoms with Gasteiger partial charge in [-0.1, -0.05) is 48.9 Å². The third-order valence-electron chi connectivity index (χ3n) is 10.6. The number of aromatic nitrogens is 1. The molecule has 298 valence electrons. The molecular weight excluding hydrogens is 739 g/mol. The Balaban J connectivity index is 1.22. The van der Waals surface area contributed by atoms with Gasteiger partial charge in [0, 0.05) is 35.4 Å². The van der Waals surface area contributed by atoms with Crippen LogP contribution in [0.15, 0.2) is 66.7 Å². The van der Waals surface area contributed by atoms with Crippen molar-refractivity contribution in [1.29, 1.82) is 0 Å². The number of sulfonamides is 1. The number of fused-ring (bicyclic) bond motifs is 3. The molecule has 0 spiro atoms. The zero-order valence-electron chi connectivity index (χ0n) is 32.1. The molecular formula is C41H49N5O9S. The smallest absolute Gasteiger partial charge is 0.408 e. The van der Waals surface area contributed by atoms with Gasteiger partial charge in [0.1, 0.15) is 40.8 Å². The van der Waals surface area contributed by atoms with Crippen molar-refractivity contribution in [3.05, 3.63) is 66.7 Å². The molecule has 15 heteroatoms. The van der Waals surface area contributed by atoms with Crippen LogP contribution >= 0.6 is 0 Å². The van der Waals surface area contributed by atoms with Gasteiger partial charge in [-0.25, -0.2) is 18.2 Å². The quantitative estimate of drug-likeness (QED) is 0.269. The lowest BCUT2D eigenvalue weighted by molar-refractivity contribution is -0.141. The van der Waals surface area contributed by atoms with Crippen molar-refractivity contribution in [1.82, 2.24) is 25.2 Å². The van der Waals surface area contributed by atoms with Gasteiger partial charge in [0.15, 0.2) is 0 Å². The molecule has 14 nitrogen and oxygen atoms in total. The predicted molar refractivity (Wildman–Crippen MR) is 208 cm³/mol. The van der Waals surface area contributed by atoms with Gasteiger partial charge in [0.25, 0.3) is 5.91 Å². The minimum atomic E-state index is -3.90. The first-order valence-corrected chi connectivity index (χ1v) is 20.8. The molecule has 0 radical (unpaired) electrons. The lowest BCUT2D eigenvalue weighted by Crippen LogP contribution is -2.58. The van der Waals surface area contributed by atoms with E-state index in [1.165, 1.54) is 4.90 Å². The highest BCUT2D eigenvalue weighted by atomic mass is 32.2. The highest BCUT2D eigenvalue weighted by molar-refractivity contribution is 7.91. The van der Waals surface area contributed by atoms with Crippen LogP contribution in [0.4, 0.5) is 4.79 Å². The van der Waals surface area contributed by atoms with Crippen molar-refractivity contribution in [3.63, 3.8) is 0 Å². The average molecular weight is 788 g/mol. The maximum Gasteiger partial charge on any atom is 0.408 e. The second-order valence-electron chi connectivity index (χ2n) is 16.1. The van der Waals surface area contributed by atoms with Crippen LogP contribution in [0.25, 0.3) is 22.2 Å². The van der Waals surface area contributed by atoms with E-state index in [-0.39, 0.29) is 19.4 Å². The van der Waals surface area contributed by atoms with E-state index in [0.717, 1.165) is 5.56 Å². The van der Waals surface area contributed by atoms with Crippen molar-refractivity contribution in [2.45, 2.75) is 107 Å². The number of allylic oxidation sites excluding steroid dienone is 1. The number of nitrogens with one attached hydrogen (secondary N) is 3. The summed E-state index contributed by atoms with van der Waals surface area (Å²) in [6.07, 6.45) is 5.69. The fraction of sp³-hybridized carbons (Fsp3) is 0.488. The summed E-state index contributed by atoms with van der Waals surface area (Å²) in [6, 6.07) is 14.8. The van der Waals surface area contributed by atoms with Gasteiger partial charge in [-0.05, 0) is 71.4 Å². The third-order valence-corrected chi connectivity index (χ3v) is 12.4. The molecule has 4 amide bonds. The van der Waals surface area contributed by atoms with Crippen LogP contribution < -0.4 is 24.8 Å². The van der Waals surface area contributed by atoms with Crippen LogP contribution in [-0.4, -0.2) is 90.3 Å². The van der Waals surface area contributed by atoms with Crippen LogP contribution in [0.1, 0.15) is 72.1 Å². The maximum atomic E-state index is 14.6. The molecule has 56 heavy (non-hydrogen) atoms. The van der Waals surface area contributed by atoms with E-state index < -0.39 is 74.3 Å². The lowest BCUT2D eigenvalue weighted by atomic mass is 10.0. The number of methoxy groups -OCH3 is 1. The van der Waals surface area contributed by atoms with E-state index >= 15 is 0 Å². The molecule has 2 aromatic carbocycles. The molecule has 3 N–H and O–H groups in total. The van der Waals surface area contributed by atoms with Gasteiger partial charge >= 0.3 is 6.09 Å². The zero-order chi connectivity index (χ0) is 39.8. The minimum absolute atomic E-state index is 0.0113. The molecule has 3 fully saturated rings. The van der Waals surface area contributed by atoms with Crippen molar-refractivity contribution in [2.24, 2.45) is 5.92 Å². The van der Waals surface area contributed by atoms with E-state index in [2.05, 4.69) is 15.4 Å². The average Bonchev–Trinajstić information content (AvgIpc) is 4.08. The first-order chi connectivity index (χ1) is 26.7. The molecule has 4 aliphatic rings. The van der Waals surface area contributed by atoms with Crippen LogP contribution in [0.2, 0.25) is 0 Å². The van der Waals surface area contributed by atoms with Gasteiger partial charge in [0.05, 0.1) is 30.1 Å². The zero-order valence-corrected chi connectivity index (χ0v) is 32.9. The highest BCUT2D eigenvalue weighted by Crippen LogP contribution is 2.46. The molecule has 1 saturated heterocycles. The van der Waals surface area contributed by atoms with Crippen LogP contribution in [0, 0.1) is 5.92 Å². The summed E-state index contributed by atoms with van der Waals surface area (Å²) in [5, 5.41) is 5.70. The Morgan fingerprint density at radius 1 is 1.02 bits per heavy atom. The number of benzene rings is 2. The fourth-order valence-electron chi connectivity index (χ4n) is 7.46. The van der Waals surface area contributed by atoms with E-state index in [9.17, 15) is 27.6 Å². The number of carbonyl (C=O) groups is 4. The Morgan fingerprint density at radius 2 is 1.79 bits per heavy atom. The Morgan fingerprint density at radius 3 is 2.50 bits per heavy atom. The van der Waals surface area contributed by atoms with E-state index in [1.807, 2.05) is 60.7 Å². The minimum Gasteiger partial charge on any atom is -0.497 e. The van der Waals surface area contributed by atoms with Gasteiger partial charge in [-0.2, -0.15) is 0 Å². The lowest BCUT2D eigenvalue weighted by Gasteiger charge is -2.30. The monoisotopic (exact) mass is 787 g/mol. The van der Waals surface area contributed by atoms with E-state index in [4.69, 9.17) is 19.2 Å². The third kappa shape index (κ3) is 8.62. The topological polar surface area (TPSA) is 182 Å². The Bertz CT molecular complexity index is 2150. The van der Waals surface area contributed by atoms with Gasteiger partial charge in [-0.15, -0.1) is 0 Å². The number of nitrogens with zero attached hydrogens (tertiary/aromatic N) is 2. The van der Waals surface area contributed by atoms with Crippen molar-refractivity contribution < 1.29 is 41.8 Å². The Labute approximate surface area is 326 Å². The number of amides is 4. The standard InChI is InChI=1S/C41H49N5O9S/c1-40(2,3)55-39(50)43-31-15-11-6-5-10-14-26-23-41(26,38(49)45-56(51,52)29-17-18-29)44-36(47)34-21-28(24-46(34)37(31)48)54-35-22-32(25-12-8-7-9-13-25)42-33-20-27(53-4)16-19-30(33)35/h7-10,12-14,16,19-20,22,26,28-29,31,34H,5-6,11,15,17-18,21,23-24H2,1-4H3,(H,43,50)(H,44,47)(H,45,49)/b14-10+/t26?,28-,31+,34+,41-/m1/s1. The molecule has 5 atom stereocenters. The number of hydrogen-bond donors (Lipinski definition) is 3. The molecule has 7 rings (SSSR count). The molecule has 3 heterocycles. The number of rotatable bonds is 8. The molecule has 3 aromatic rings. The SMILES string of the molecule is COc1ccc2c(O[C@@H]3C[C@H]4C(=O)N[C@]5(C(=O)NS(=O)(=O)C6CC6)CC5/C=C/CCCC[C@H](NC(=O)OC(C)(C)C)C(=O)N4C3)cc(-c3ccccc3)nc2c1. The normalized spacial score (nSPS) is 26.2. The second kappa shape index (κ2) is 15.4. The second-order valence-corrected chi connectivity index (χ2v) is 18.1. The summed E-state index contributed by atoms with van der Waals surface area (Å²) in [5.74, 6) is -1.25. The van der Waals surface area contributed by atoms with Gasteiger partial charge in [-0.3, -0.25) is 19.1 Å². The van der Waals surface area contributed by atoms with Crippen molar-refractivity contribution in [3.8, 4) is 22.8 Å². The van der Waals surface area contributed by atoms with Gasteiger partial charge < -0.3 is 29.7 Å². The Hall–Kier alpha value is -5.18. The number of ether oxygens (including phenoxy) is 3. The summed E-state index contributed by atoms with van der Waals surface area (Å²) in [4.78, 5) is 62.1. The maximum absolute atomic E-state index is 14.6. The van der Waals surface area contributed by atoms with Crippen LogP contribution in [-0.2, 0) is 29.1 Å². The Kier molecular flexibility index (Phi) is 10.7. The first kappa shape index (κ1) is 39.1. The summed E-state index contributed by atoms with van der Waals surface area (Å²) in [7, 11) is -2.32. The summed E-state index contributed by atoms with van der Waals surface area (Å²) >= 11 is 0.